The van der Waals surface area contributed by atoms with Crippen molar-refractivity contribution >= 4 is 23.1 Å². The van der Waals surface area contributed by atoms with E-state index in [0.717, 1.165) is 23.1 Å². The molecule has 1 unspecified atom stereocenters. The van der Waals surface area contributed by atoms with Crippen molar-refractivity contribution in [1.29, 1.82) is 0 Å². The minimum absolute atomic E-state index is 0.112. The standard InChI is InChI=1S/C25H20F3NO5/c1-3-33-18-10-9-15(12-14(18)2)22(30)20-21(19-8-5-11-34-19)29(24(32)23(20)31)17-7-4-6-16(13-17)25(26,27)28/h4-13,21,30H,3H2,1-2H3/b22-20-. The van der Waals surface area contributed by atoms with Crippen molar-refractivity contribution in [1.82, 2.24) is 0 Å². The van der Waals surface area contributed by atoms with E-state index in [1.165, 1.54) is 30.5 Å². The number of Topliss-reactive ketones (excluding diaryl/α,β-unsaturated/α-hetero) is 1. The number of ether oxygens (including phenoxy) is 1. The number of aryl methyl sites for hydroxylation is 1. The van der Waals surface area contributed by atoms with Crippen LogP contribution < -0.4 is 9.64 Å². The molecule has 3 aromatic rings. The maximum absolute atomic E-state index is 13.3. The number of nitrogens with zero attached hydrogens (tertiary/aromatic N) is 1. The largest absolute Gasteiger partial charge is 0.507 e. The van der Waals surface area contributed by atoms with Gasteiger partial charge in [-0.3, -0.25) is 14.5 Å². The molecular formula is C25H20F3NO5. The fourth-order valence-electron chi connectivity index (χ4n) is 3.92. The number of benzene rings is 2. The van der Waals surface area contributed by atoms with Crippen LogP contribution in [-0.4, -0.2) is 23.4 Å². The van der Waals surface area contributed by atoms with E-state index >= 15 is 0 Å². The maximum Gasteiger partial charge on any atom is 0.416 e. The molecule has 1 atom stereocenters. The number of alkyl halides is 3. The lowest BCUT2D eigenvalue weighted by molar-refractivity contribution is -0.137. The van der Waals surface area contributed by atoms with Crippen LogP contribution in [0.25, 0.3) is 5.76 Å². The third kappa shape index (κ3) is 4.05. The molecule has 34 heavy (non-hydrogen) atoms. The molecule has 0 aliphatic carbocycles. The van der Waals surface area contributed by atoms with E-state index in [9.17, 15) is 27.9 Å². The van der Waals surface area contributed by atoms with Crippen molar-refractivity contribution in [2.75, 3.05) is 11.5 Å². The zero-order valence-corrected chi connectivity index (χ0v) is 18.2. The van der Waals surface area contributed by atoms with E-state index in [1.807, 2.05) is 6.92 Å². The van der Waals surface area contributed by atoms with Crippen LogP contribution in [0.3, 0.4) is 0 Å². The number of anilines is 1. The lowest BCUT2D eigenvalue weighted by atomic mass is 9.98. The van der Waals surface area contributed by atoms with Crippen LogP contribution in [0.2, 0.25) is 0 Å². The van der Waals surface area contributed by atoms with Crippen molar-refractivity contribution in [3.05, 3.63) is 88.9 Å². The molecule has 0 saturated carbocycles. The monoisotopic (exact) mass is 471 g/mol. The first-order valence-corrected chi connectivity index (χ1v) is 10.4. The highest BCUT2D eigenvalue weighted by Gasteiger charge is 2.48. The van der Waals surface area contributed by atoms with Crippen LogP contribution in [0.1, 0.15) is 35.4 Å². The van der Waals surface area contributed by atoms with Gasteiger partial charge in [0.2, 0.25) is 0 Å². The summed E-state index contributed by atoms with van der Waals surface area (Å²) in [6, 6.07) is 10.6. The van der Waals surface area contributed by atoms with Crippen molar-refractivity contribution < 1.29 is 37.0 Å². The van der Waals surface area contributed by atoms with Crippen LogP contribution in [-0.2, 0) is 15.8 Å². The smallest absolute Gasteiger partial charge is 0.416 e. The minimum Gasteiger partial charge on any atom is -0.507 e. The molecule has 0 spiro atoms. The van der Waals surface area contributed by atoms with Gasteiger partial charge in [-0.1, -0.05) is 6.07 Å². The molecule has 2 heterocycles. The molecule has 1 N–H and O–H groups in total. The summed E-state index contributed by atoms with van der Waals surface area (Å²) in [4.78, 5) is 27.0. The van der Waals surface area contributed by atoms with E-state index in [0.29, 0.717) is 17.9 Å². The number of aliphatic hydroxyl groups is 1. The van der Waals surface area contributed by atoms with Gasteiger partial charge in [0, 0.05) is 11.3 Å². The summed E-state index contributed by atoms with van der Waals surface area (Å²) in [6.07, 6.45) is -3.34. The molecule has 4 rings (SSSR count). The van der Waals surface area contributed by atoms with Crippen LogP contribution in [0.4, 0.5) is 18.9 Å². The Balaban J connectivity index is 1.88. The molecular weight excluding hydrogens is 451 g/mol. The number of carbonyl (C=O) groups is 2. The number of ketones is 1. The van der Waals surface area contributed by atoms with Gasteiger partial charge in [-0.05, 0) is 67.9 Å². The maximum atomic E-state index is 13.3. The van der Waals surface area contributed by atoms with E-state index in [2.05, 4.69) is 0 Å². The fraction of sp³-hybridized carbons (Fsp3) is 0.200. The van der Waals surface area contributed by atoms with Gasteiger partial charge in [0.1, 0.15) is 23.3 Å². The first-order chi connectivity index (χ1) is 16.1. The summed E-state index contributed by atoms with van der Waals surface area (Å²) in [5, 5.41) is 11.1. The number of carbonyl (C=O) groups excluding carboxylic acids is 2. The van der Waals surface area contributed by atoms with Gasteiger partial charge in [-0.25, -0.2) is 0 Å². The fourth-order valence-corrected chi connectivity index (χ4v) is 3.92. The predicted molar refractivity (Wildman–Crippen MR) is 117 cm³/mol. The highest BCUT2D eigenvalue weighted by atomic mass is 19.4. The molecule has 2 aromatic carbocycles. The van der Waals surface area contributed by atoms with Crippen LogP contribution in [0, 0.1) is 6.92 Å². The Morgan fingerprint density at radius 1 is 1.12 bits per heavy atom. The van der Waals surface area contributed by atoms with Gasteiger partial charge in [0.15, 0.2) is 0 Å². The molecule has 1 fully saturated rings. The quantitative estimate of drug-likeness (QED) is 0.296. The van der Waals surface area contributed by atoms with E-state index in [1.54, 1.807) is 19.1 Å². The SMILES string of the molecule is CCOc1ccc(/C(O)=C2/C(=O)C(=O)N(c3cccc(C(F)(F)F)c3)C2c2ccco2)cc1C. The molecule has 1 saturated heterocycles. The van der Waals surface area contributed by atoms with Gasteiger partial charge < -0.3 is 14.3 Å². The Morgan fingerprint density at radius 3 is 2.50 bits per heavy atom. The minimum atomic E-state index is -4.65. The Bertz CT molecular complexity index is 1280. The lowest BCUT2D eigenvalue weighted by Gasteiger charge is -2.24. The third-order valence-corrected chi connectivity index (χ3v) is 5.46. The van der Waals surface area contributed by atoms with Gasteiger partial charge in [0.05, 0.1) is 24.0 Å². The number of hydrogen-bond acceptors (Lipinski definition) is 5. The summed E-state index contributed by atoms with van der Waals surface area (Å²) < 4.78 is 50.8. The number of amides is 1. The zero-order chi connectivity index (χ0) is 24.6. The van der Waals surface area contributed by atoms with Gasteiger partial charge in [0.25, 0.3) is 11.7 Å². The second-order valence-electron chi connectivity index (χ2n) is 7.65. The van der Waals surface area contributed by atoms with E-state index in [-0.39, 0.29) is 22.6 Å². The first kappa shape index (κ1) is 23.2. The summed E-state index contributed by atoms with van der Waals surface area (Å²) >= 11 is 0. The molecule has 1 amide bonds. The lowest BCUT2D eigenvalue weighted by Crippen LogP contribution is -2.29. The van der Waals surface area contributed by atoms with Crippen molar-refractivity contribution in [2.24, 2.45) is 0 Å². The van der Waals surface area contributed by atoms with Crippen molar-refractivity contribution in [3.63, 3.8) is 0 Å². The number of aliphatic hydroxyl groups excluding tert-OH is 1. The number of furan rings is 1. The highest BCUT2D eigenvalue weighted by molar-refractivity contribution is 6.51. The molecule has 1 aliphatic heterocycles. The summed E-state index contributed by atoms with van der Waals surface area (Å²) in [6.45, 7) is 4.02. The van der Waals surface area contributed by atoms with Gasteiger partial charge in [-0.15, -0.1) is 0 Å². The number of halogens is 3. The second-order valence-corrected chi connectivity index (χ2v) is 7.65. The Morgan fingerprint density at radius 2 is 1.88 bits per heavy atom. The molecule has 1 aliphatic rings. The van der Waals surface area contributed by atoms with E-state index in [4.69, 9.17) is 9.15 Å². The Hall–Kier alpha value is -4.01. The average molecular weight is 471 g/mol. The number of hydrogen-bond donors (Lipinski definition) is 1. The molecule has 176 valence electrons. The zero-order valence-electron chi connectivity index (χ0n) is 18.2. The third-order valence-electron chi connectivity index (χ3n) is 5.46. The topological polar surface area (TPSA) is 80.0 Å². The second kappa shape index (κ2) is 8.74. The van der Waals surface area contributed by atoms with Crippen LogP contribution >= 0.6 is 0 Å². The normalized spacial score (nSPS) is 17.9. The van der Waals surface area contributed by atoms with E-state index < -0.39 is 35.2 Å². The van der Waals surface area contributed by atoms with Crippen molar-refractivity contribution in [2.45, 2.75) is 26.1 Å². The molecule has 6 nitrogen and oxygen atoms in total. The Kier molecular flexibility index (Phi) is 5.95. The van der Waals surface area contributed by atoms with Gasteiger partial charge in [-0.2, -0.15) is 13.2 Å². The average Bonchev–Trinajstić information content (AvgIpc) is 3.41. The summed E-state index contributed by atoms with van der Waals surface area (Å²) in [7, 11) is 0. The molecule has 0 radical (unpaired) electrons. The van der Waals surface area contributed by atoms with Crippen LogP contribution in [0.5, 0.6) is 5.75 Å². The summed E-state index contributed by atoms with van der Waals surface area (Å²) in [5.41, 5.74) is -0.486. The molecule has 9 heteroatoms. The Labute approximate surface area is 192 Å². The highest BCUT2D eigenvalue weighted by Crippen LogP contribution is 2.43. The first-order valence-electron chi connectivity index (χ1n) is 10.4. The number of rotatable bonds is 5. The van der Waals surface area contributed by atoms with Gasteiger partial charge >= 0.3 is 6.18 Å². The van der Waals surface area contributed by atoms with Crippen LogP contribution in [0.15, 0.2) is 70.9 Å². The molecule has 0 bridgehead atoms. The molecule has 1 aromatic heterocycles. The predicted octanol–water partition coefficient (Wildman–Crippen LogP) is 5.63. The van der Waals surface area contributed by atoms with Crippen molar-refractivity contribution in [3.8, 4) is 5.75 Å². The summed E-state index contributed by atoms with van der Waals surface area (Å²) in [5.74, 6) is -1.89.